The molecule has 0 amide bonds. The molecule has 37 heavy (non-hydrogen) atoms. The highest BCUT2D eigenvalue weighted by molar-refractivity contribution is 7.92. The van der Waals surface area contributed by atoms with Crippen LogP contribution in [0.1, 0.15) is 25.0 Å². The van der Waals surface area contributed by atoms with Gasteiger partial charge in [-0.05, 0) is 42.2 Å². The molecule has 0 atom stereocenters. The van der Waals surface area contributed by atoms with E-state index in [0.29, 0.717) is 36.8 Å². The molecule has 0 aliphatic carbocycles. The lowest BCUT2D eigenvalue weighted by molar-refractivity contribution is -0.129. The van der Waals surface area contributed by atoms with E-state index in [1.165, 1.54) is 0 Å². The Morgan fingerprint density at radius 3 is 2.68 bits per heavy atom. The summed E-state index contributed by atoms with van der Waals surface area (Å²) < 4.78 is 32.0. The average molecular weight is 546 g/mol. The zero-order chi connectivity index (χ0) is 27.1. The van der Waals surface area contributed by atoms with Crippen LogP contribution in [0, 0.1) is 12.8 Å². The van der Waals surface area contributed by atoms with Crippen molar-refractivity contribution in [3.8, 4) is 16.9 Å². The summed E-state index contributed by atoms with van der Waals surface area (Å²) in [4.78, 5) is 22.3. The SMILES string of the molecule is C=C1NC(C(=O)O)=NC(N2CCOc3c(C)cc(-c4cnc(Cl)c(NS(C)(=O)=O)c4)cc3C2)=C1C(C)C. The lowest BCUT2D eigenvalue weighted by Gasteiger charge is -2.31. The summed E-state index contributed by atoms with van der Waals surface area (Å²) in [5.74, 6) is -0.0163. The van der Waals surface area contributed by atoms with Gasteiger partial charge in [0.05, 0.1) is 18.5 Å². The number of carboxylic acid groups (broad SMARTS) is 1. The van der Waals surface area contributed by atoms with Crippen LogP contribution >= 0.6 is 11.6 Å². The molecular formula is C25H28ClN5O5S. The Balaban J connectivity index is 1.78. The van der Waals surface area contributed by atoms with Crippen molar-refractivity contribution in [1.29, 1.82) is 0 Å². The van der Waals surface area contributed by atoms with Gasteiger partial charge in [-0.2, -0.15) is 0 Å². The number of rotatable bonds is 6. The normalized spacial score (nSPS) is 16.0. The molecule has 1 aromatic heterocycles. The highest BCUT2D eigenvalue weighted by Crippen LogP contribution is 2.37. The number of halogens is 1. The maximum Gasteiger partial charge on any atom is 0.371 e. The van der Waals surface area contributed by atoms with Crippen molar-refractivity contribution in [2.75, 3.05) is 24.1 Å². The number of aliphatic carboxylic acids is 1. The van der Waals surface area contributed by atoms with E-state index in [0.717, 1.165) is 34.3 Å². The van der Waals surface area contributed by atoms with Gasteiger partial charge in [-0.25, -0.2) is 23.2 Å². The van der Waals surface area contributed by atoms with E-state index in [-0.39, 0.29) is 22.6 Å². The molecule has 0 unspecified atom stereocenters. The van der Waals surface area contributed by atoms with E-state index in [2.05, 4.69) is 26.6 Å². The van der Waals surface area contributed by atoms with Crippen molar-refractivity contribution in [2.24, 2.45) is 10.9 Å². The van der Waals surface area contributed by atoms with Gasteiger partial charge in [0, 0.05) is 35.1 Å². The number of amidine groups is 1. The smallest absolute Gasteiger partial charge is 0.371 e. The monoisotopic (exact) mass is 545 g/mol. The van der Waals surface area contributed by atoms with E-state index in [9.17, 15) is 18.3 Å². The van der Waals surface area contributed by atoms with Crippen molar-refractivity contribution < 1.29 is 23.1 Å². The Morgan fingerprint density at radius 1 is 1.30 bits per heavy atom. The molecule has 196 valence electrons. The van der Waals surface area contributed by atoms with Crippen LogP contribution in [0.4, 0.5) is 5.69 Å². The number of benzene rings is 1. The zero-order valence-corrected chi connectivity index (χ0v) is 22.5. The number of ether oxygens (including phenoxy) is 1. The molecule has 0 fully saturated rings. The van der Waals surface area contributed by atoms with E-state index in [1.807, 2.05) is 37.8 Å². The second-order valence-corrected chi connectivity index (χ2v) is 11.4. The largest absolute Gasteiger partial charge is 0.491 e. The van der Waals surface area contributed by atoms with Gasteiger partial charge in [0.2, 0.25) is 15.9 Å². The number of anilines is 1. The maximum atomic E-state index is 11.8. The van der Waals surface area contributed by atoms with Crippen molar-refractivity contribution in [2.45, 2.75) is 27.3 Å². The number of carboxylic acids is 1. The Hall–Kier alpha value is -3.57. The minimum Gasteiger partial charge on any atom is -0.491 e. The molecular weight excluding hydrogens is 518 g/mol. The van der Waals surface area contributed by atoms with Crippen LogP contribution in [0.2, 0.25) is 5.15 Å². The number of nitrogens with one attached hydrogen (secondary N) is 2. The third-order valence-corrected chi connectivity index (χ3v) is 6.81. The first-order valence-corrected chi connectivity index (χ1v) is 13.8. The van der Waals surface area contributed by atoms with Crippen molar-refractivity contribution >= 4 is 39.1 Å². The lowest BCUT2D eigenvalue weighted by Crippen LogP contribution is -2.38. The van der Waals surface area contributed by atoms with Crippen molar-refractivity contribution in [3.63, 3.8) is 0 Å². The van der Waals surface area contributed by atoms with Crippen LogP contribution < -0.4 is 14.8 Å². The molecule has 0 spiro atoms. The number of fused-ring (bicyclic) bond motifs is 1. The van der Waals surface area contributed by atoms with Crippen LogP contribution in [0.5, 0.6) is 5.75 Å². The number of hydrogen-bond donors (Lipinski definition) is 3. The Bertz CT molecular complexity index is 1470. The van der Waals surface area contributed by atoms with E-state index in [4.69, 9.17) is 16.3 Å². The van der Waals surface area contributed by atoms with E-state index >= 15 is 0 Å². The quantitative estimate of drug-likeness (QED) is 0.467. The summed E-state index contributed by atoms with van der Waals surface area (Å²) in [5, 5.41) is 12.4. The number of nitrogens with zero attached hydrogens (tertiary/aromatic N) is 3. The van der Waals surface area contributed by atoms with Gasteiger partial charge in [0.15, 0.2) is 5.15 Å². The maximum absolute atomic E-state index is 11.8. The highest BCUT2D eigenvalue weighted by atomic mass is 35.5. The van der Waals surface area contributed by atoms with Crippen molar-refractivity contribution in [1.82, 2.24) is 15.2 Å². The van der Waals surface area contributed by atoms with Gasteiger partial charge >= 0.3 is 5.97 Å². The lowest BCUT2D eigenvalue weighted by atomic mass is 9.97. The first-order chi connectivity index (χ1) is 17.3. The van der Waals surface area contributed by atoms with Gasteiger partial charge < -0.3 is 20.1 Å². The fourth-order valence-electron chi connectivity index (χ4n) is 4.43. The van der Waals surface area contributed by atoms with Crippen LogP contribution in [0.15, 0.2) is 53.1 Å². The number of hydrogen-bond acceptors (Lipinski definition) is 8. The summed E-state index contributed by atoms with van der Waals surface area (Å²) in [6.07, 6.45) is 2.62. The molecule has 0 radical (unpaired) electrons. The molecule has 1 aromatic carbocycles. The summed E-state index contributed by atoms with van der Waals surface area (Å²) in [6.45, 7) is 11.3. The number of sulfonamides is 1. The second-order valence-electron chi connectivity index (χ2n) is 9.25. The zero-order valence-electron chi connectivity index (χ0n) is 20.9. The number of carbonyl (C=O) groups is 1. The number of aliphatic imine (C=N–C) groups is 1. The molecule has 3 heterocycles. The standard InChI is InChI=1S/C25H28ClN5O5S/c1-13(2)20-15(4)28-23(25(32)33)29-24(20)31-6-7-36-21-14(3)8-16(9-18(21)12-31)17-10-19(22(26)27-11-17)30-37(5,34)35/h8-11,13,30H,4,6-7,12H2,1-3,5H3,(H,28,29)(H,32,33). The summed E-state index contributed by atoms with van der Waals surface area (Å²) in [6, 6.07) is 5.52. The molecule has 0 bridgehead atoms. The molecule has 2 aliphatic rings. The molecule has 12 heteroatoms. The third kappa shape index (κ3) is 5.72. The Labute approximate surface area is 220 Å². The van der Waals surface area contributed by atoms with Gasteiger partial charge in [-0.1, -0.05) is 32.0 Å². The highest BCUT2D eigenvalue weighted by Gasteiger charge is 2.29. The first kappa shape index (κ1) is 26.5. The molecule has 2 aromatic rings. The minimum atomic E-state index is -3.55. The minimum absolute atomic E-state index is 0.0431. The van der Waals surface area contributed by atoms with Gasteiger partial charge in [0.25, 0.3) is 0 Å². The first-order valence-electron chi connectivity index (χ1n) is 11.5. The predicted molar refractivity (Wildman–Crippen MR) is 143 cm³/mol. The summed E-state index contributed by atoms with van der Waals surface area (Å²) >= 11 is 6.11. The topological polar surface area (TPSA) is 133 Å². The number of aromatic nitrogens is 1. The van der Waals surface area contributed by atoms with E-state index < -0.39 is 16.0 Å². The van der Waals surface area contributed by atoms with Gasteiger partial charge in [0.1, 0.15) is 18.2 Å². The van der Waals surface area contributed by atoms with Crippen LogP contribution in [-0.2, 0) is 21.4 Å². The summed E-state index contributed by atoms with van der Waals surface area (Å²) in [5.41, 5.74) is 4.75. The Morgan fingerprint density at radius 2 is 2.03 bits per heavy atom. The molecule has 0 saturated carbocycles. The van der Waals surface area contributed by atoms with Crippen LogP contribution in [-0.4, -0.2) is 54.6 Å². The number of allylic oxidation sites excluding steroid dienone is 1. The number of aryl methyl sites for hydroxylation is 1. The van der Waals surface area contributed by atoms with Gasteiger partial charge in [-0.3, -0.25) is 4.72 Å². The van der Waals surface area contributed by atoms with E-state index in [1.54, 1.807) is 12.3 Å². The van der Waals surface area contributed by atoms with Gasteiger partial charge in [-0.15, -0.1) is 0 Å². The van der Waals surface area contributed by atoms with Crippen LogP contribution in [0.3, 0.4) is 0 Å². The van der Waals surface area contributed by atoms with Crippen LogP contribution in [0.25, 0.3) is 11.1 Å². The molecule has 0 saturated heterocycles. The average Bonchev–Trinajstić information content (AvgIpc) is 3.01. The fraction of sp³-hybridized carbons (Fsp3) is 0.320. The van der Waals surface area contributed by atoms with Crippen molar-refractivity contribution in [3.05, 3.63) is 64.3 Å². The predicted octanol–water partition coefficient (Wildman–Crippen LogP) is 3.74. The molecule has 2 aliphatic heterocycles. The summed E-state index contributed by atoms with van der Waals surface area (Å²) in [7, 11) is -3.55. The second kappa shape index (κ2) is 10.1. The molecule has 3 N–H and O–H groups in total. The Kier molecular flexibility index (Phi) is 7.20. The fourth-order valence-corrected chi connectivity index (χ4v) is 5.19. The number of pyridine rings is 1. The molecule has 4 rings (SSSR count). The third-order valence-electron chi connectivity index (χ3n) is 5.92. The molecule has 10 nitrogen and oxygen atoms in total.